The van der Waals surface area contributed by atoms with Gasteiger partial charge in [0.1, 0.15) is 11.9 Å². The number of hydrogen-bond acceptors (Lipinski definition) is 2. The summed E-state index contributed by atoms with van der Waals surface area (Å²) in [6, 6.07) is 24.6. The van der Waals surface area contributed by atoms with E-state index in [0.29, 0.717) is 6.42 Å². The molecule has 0 fully saturated rings. The summed E-state index contributed by atoms with van der Waals surface area (Å²) in [7, 11) is 0. The number of hydrogen-bond donors (Lipinski definition) is 1. The first-order valence-corrected chi connectivity index (χ1v) is 11.4. The Hall–Kier alpha value is -3.47. The van der Waals surface area contributed by atoms with Crippen molar-refractivity contribution >= 4 is 11.8 Å². The standard InChI is InChI=1S/C28H31FN2O2/c1-3-21(2)30-28(33)26(18-22-10-6-4-7-11-22)31(20-24-14-16-25(29)17-15-24)27(32)19-23-12-8-5-9-13-23/h4-17,21,26H,3,18-20H2,1-2H3,(H,30,33)/t21-,26+/m0/s1. The van der Waals surface area contributed by atoms with Crippen molar-refractivity contribution in [1.82, 2.24) is 10.2 Å². The Morgan fingerprint density at radius 3 is 2.00 bits per heavy atom. The molecular formula is C28H31FN2O2. The summed E-state index contributed by atoms with van der Waals surface area (Å²) in [6.07, 6.45) is 1.37. The van der Waals surface area contributed by atoms with Gasteiger partial charge in [-0.05, 0) is 42.2 Å². The smallest absolute Gasteiger partial charge is 0.243 e. The van der Waals surface area contributed by atoms with Gasteiger partial charge in [-0.1, -0.05) is 79.7 Å². The third kappa shape index (κ3) is 7.28. The average molecular weight is 447 g/mol. The van der Waals surface area contributed by atoms with Crippen LogP contribution < -0.4 is 5.32 Å². The van der Waals surface area contributed by atoms with Gasteiger partial charge >= 0.3 is 0 Å². The molecule has 3 rings (SSSR count). The maximum Gasteiger partial charge on any atom is 0.243 e. The zero-order valence-corrected chi connectivity index (χ0v) is 19.2. The molecular weight excluding hydrogens is 415 g/mol. The van der Waals surface area contributed by atoms with Gasteiger partial charge in [0, 0.05) is 19.0 Å². The van der Waals surface area contributed by atoms with Gasteiger partial charge in [-0.2, -0.15) is 0 Å². The molecule has 33 heavy (non-hydrogen) atoms. The molecule has 2 amide bonds. The van der Waals surface area contributed by atoms with E-state index in [1.807, 2.05) is 74.5 Å². The van der Waals surface area contributed by atoms with Crippen molar-refractivity contribution in [3.05, 3.63) is 107 Å². The number of rotatable bonds is 10. The van der Waals surface area contributed by atoms with E-state index in [1.54, 1.807) is 17.0 Å². The lowest BCUT2D eigenvalue weighted by Crippen LogP contribution is -2.52. The first-order valence-electron chi connectivity index (χ1n) is 11.4. The molecule has 2 atom stereocenters. The van der Waals surface area contributed by atoms with E-state index >= 15 is 0 Å². The molecule has 3 aromatic rings. The predicted octanol–water partition coefficient (Wildman–Crippen LogP) is 4.92. The Balaban J connectivity index is 1.95. The fraction of sp³-hybridized carbons (Fsp3) is 0.286. The van der Waals surface area contributed by atoms with Crippen molar-refractivity contribution in [2.24, 2.45) is 0 Å². The third-order valence-corrected chi connectivity index (χ3v) is 5.74. The minimum Gasteiger partial charge on any atom is -0.352 e. The van der Waals surface area contributed by atoms with Crippen molar-refractivity contribution < 1.29 is 14.0 Å². The van der Waals surface area contributed by atoms with E-state index in [2.05, 4.69) is 5.32 Å². The van der Waals surface area contributed by atoms with Crippen LogP contribution in [-0.2, 0) is 29.0 Å². The lowest BCUT2D eigenvalue weighted by atomic mass is 10.0. The number of nitrogens with one attached hydrogen (secondary N) is 1. The van der Waals surface area contributed by atoms with Crippen LogP contribution in [0.25, 0.3) is 0 Å². The van der Waals surface area contributed by atoms with E-state index in [0.717, 1.165) is 23.1 Å². The second-order valence-electron chi connectivity index (χ2n) is 8.33. The highest BCUT2D eigenvalue weighted by atomic mass is 19.1. The number of amides is 2. The van der Waals surface area contributed by atoms with Crippen LogP contribution in [-0.4, -0.2) is 28.8 Å². The predicted molar refractivity (Wildman–Crippen MR) is 129 cm³/mol. The van der Waals surface area contributed by atoms with Gasteiger partial charge in [0.2, 0.25) is 11.8 Å². The number of carbonyl (C=O) groups is 2. The first-order chi connectivity index (χ1) is 16.0. The van der Waals surface area contributed by atoms with Gasteiger partial charge in [-0.15, -0.1) is 0 Å². The fourth-order valence-corrected chi connectivity index (χ4v) is 3.65. The summed E-state index contributed by atoms with van der Waals surface area (Å²) in [5.41, 5.74) is 2.62. The molecule has 0 aliphatic heterocycles. The highest BCUT2D eigenvalue weighted by molar-refractivity contribution is 5.89. The van der Waals surface area contributed by atoms with Gasteiger partial charge in [0.25, 0.3) is 0 Å². The van der Waals surface area contributed by atoms with Crippen molar-refractivity contribution in [3.63, 3.8) is 0 Å². The maximum absolute atomic E-state index is 13.5. The molecule has 3 aromatic carbocycles. The van der Waals surface area contributed by atoms with Gasteiger partial charge in [0.05, 0.1) is 6.42 Å². The van der Waals surface area contributed by atoms with Crippen LogP contribution in [0.5, 0.6) is 0 Å². The molecule has 0 spiro atoms. The molecule has 1 N–H and O–H groups in total. The molecule has 172 valence electrons. The molecule has 0 bridgehead atoms. The lowest BCUT2D eigenvalue weighted by Gasteiger charge is -2.32. The highest BCUT2D eigenvalue weighted by Crippen LogP contribution is 2.17. The van der Waals surface area contributed by atoms with Crippen LogP contribution >= 0.6 is 0 Å². The van der Waals surface area contributed by atoms with Crippen molar-refractivity contribution in [2.75, 3.05) is 0 Å². The molecule has 5 heteroatoms. The Bertz CT molecular complexity index is 1020. The van der Waals surface area contributed by atoms with Crippen molar-refractivity contribution in [1.29, 1.82) is 0 Å². The number of nitrogens with zero attached hydrogens (tertiary/aromatic N) is 1. The molecule has 4 nitrogen and oxygen atoms in total. The van der Waals surface area contributed by atoms with Gasteiger partial charge in [-0.3, -0.25) is 9.59 Å². The van der Waals surface area contributed by atoms with E-state index in [4.69, 9.17) is 0 Å². The maximum atomic E-state index is 13.5. The molecule has 0 saturated carbocycles. The Labute approximate surface area is 195 Å². The summed E-state index contributed by atoms with van der Waals surface area (Å²) >= 11 is 0. The minimum absolute atomic E-state index is 0.00679. The largest absolute Gasteiger partial charge is 0.352 e. The van der Waals surface area contributed by atoms with Crippen molar-refractivity contribution in [3.8, 4) is 0 Å². The van der Waals surface area contributed by atoms with Gasteiger partial charge in [0.15, 0.2) is 0 Å². The lowest BCUT2D eigenvalue weighted by molar-refractivity contribution is -0.141. The zero-order valence-electron chi connectivity index (χ0n) is 19.2. The van der Waals surface area contributed by atoms with Crippen LogP contribution in [0.1, 0.15) is 37.0 Å². The van der Waals surface area contributed by atoms with Gasteiger partial charge < -0.3 is 10.2 Å². The number of benzene rings is 3. The topological polar surface area (TPSA) is 49.4 Å². The summed E-state index contributed by atoms with van der Waals surface area (Å²) < 4.78 is 13.5. The summed E-state index contributed by atoms with van der Waals surface area (Å²) in [6.45, 7) is 4.18. The Morgan fingerprint density at radius 2 is 1.42 bits per heavy atom. The summed E-state index contributed by atoms with van der Waals surface area (Å²) in [5, 5.41) is 3.05. The summed E-state index contributed by atoms with van der Waals surface area (Å²) in [5.74, 6) is -0.668. The average Bonchev–Trinajstić information content (AvgIpc) is 2.83. The number of carbonyl (C=O) groups excluding carboxylic acids is 2. The molecule has 0 saturated heterocycles. The fourth-order valence-electron chi connectivity index (χ4n) is 3.65. The Kier molecular flexibility index (Phi) is 8.76. The zero-order chi connectivity index (χ0) is 23.6. The van der Waals surface area contributed by atoms with Crippen LogP contribution in [0.3, 0.4) is 0 Å². The minimum atomic E-state index is -0.692. The third-order valence-electron chi connectivity index (χ3n) is 5.74. The van der Waals surface area contributed by atoms with Crippen LogP contribution in [0.4, 0.5) is 4.39 Å². The van der Waals surface area contributed by atoms with Gasteiger partial charge in [-0.25, -0.2) is 4.39 Å². The highest BCUT2D eigenvalue weighted by Gasteiger charge is 2.31. The molecule has 0 heterocycles. The molecule has 0 radical (unpaired) electrons. The Morgan fingerprint density at radius 1 is 0.848 bits per heavy atom. The second-order valence-corrected chi connectivity index (χ2v) is 8.33. The van der Waals surface area contributed by atoms with Crippen LogP contribution in [0, 0.1) is 5.82 Å². The van der Waals surface area contributed by atoms with Crippen molar-refractivity contribution in [2.45, 2.75) is 51.7 Å². The summed E-state index contributed by atoms with van der Waals surface area (Å²) in [4.78, 5) is 28.6. The SMILES string of the molecule is CC[C@H](C)NC(=O)[C@@H](Cc1ccccc1)N(Cc1ccc(F)cc1)C(=O)Cc1ccccc1. The number of halogens is 1. The van der Waals surface area contributed by atoms with E-state index in [9.17, 15) is 14.0 Å². The first kappa shape index (κ1) is 24.2. The van der Waals surface area contributed by atoms with Crippen LogP contribution in [0.15, 0.2) is 84.9 Å². The quantitative estimate of drug-likeness (QED) is 0.480. The van der Waals surface area contributed by atoms with E-state index < -0.39 is 6.04 Å². The van der Waals surface area contributed by atoms with E-state index in [-0.39, 0.29) is 36.6 Å². The molecule has 0 aliphatic rings. The molecule has 0 unspecified atom stereocenters. The normalized spacial score (nSPS) is 12.6. The van der Waals surface area contributed by atoms with Crippen LogP contribution in [0.2, 0.25) is 0 Å². The molecule has 0 aromatic heterocycles. The monoisotopic (exact) mass is 446 g/mol. The second kappa shape index (κ2) is 12.0. The molecule has 0 aliphatic carbocycles. The van der Waals surface area contributed by atoms with E-state index in [1.165, 1.54) is 12.1 Å².